The Morgan fingerprint density at radius 3 is 2.79 bits per heavy atom. The molecule has 3 rings (SSSR count). The van der Waals surface area contributed by atoms with E-state index in [9.17, 15) is 0 Å². The molecule has 19 heavy (non-hydrogen) atoms. The van der Waals surface area contributed by atoms with Crippen molar-refractivity contribution >= 4 is 11.3 Å². The highest BCUT2D eigenvalue weighted by atomic mass is 32.1. The molecular weight excluding hydrogens is 252 g/mol. The standard InChI is InChI=1S/C16H26N2S/c1-3-7-17-10-15-14(4-2)18-16(19-15)13-9-11-5-6-12(13)8-11/h11-13,17H,3-10H2,1-2H3. The van der Waals surface area contributed by atoms with Gasteiger partial charge in [-0.1, -0.05) is 20.3 Å². The van der Waals surface area contributed by atoms with Gasteiger partial charge in [0.2, 0.25) is 0 Å². The summed E-state index contributed by atoms with van der Waals surface area (Å²) < 4.78 is 0. The molecule has 1 heterocycles. The zero-order chi connectivity index (χ0) is 13.2. The molecular formula is C16H26N2S. The van der Waals surface area contributed by atoms with Crippen molar-refractivity contribution < 1.29 is 0 Å². The minimum absolute atomic E-state index is 0.800. The summed E-state index contributed by atoms with van der Waals surface area (Å²) in [5.74, 6) is 2.77. The van der Waals surface area contributed by atoms with E-state index in [1.165, 1.54) is 47.7 Å². The maximum atomic E-state index is 4.99. The van der Waals surface area contributed by atoms with Crippen LogP contribution in [0.15, 0.2) is 0 Å². The summed E-state index contributed by atoms with van der Waals surface area (Å²) in [5, 5.41) is 4.99. The average molecular weight is 278 g/mol. The SMILES string of the molecule is CCCNCc1sc(C2CC3CCC2C3)nc1CC. The quantitative estimate of drug-likeness (QED) is 0.792. The first kappa shape index (κ1) is 13.6. The number of aryl methyl sites for hydroxylation is 1. The van der Waals surface area contributed by atoms with Crippen LogP contribution in [0.5, 0.6) is 0 Å². The van der Waals surface area contributed by atoms with Crippen molar-refractivity contribution in [2.75, 3.05) is 6.54 Å². The van der Waals surface area contributed by atoms with E-state index in [2.05, 4.69) is 19.2 Å². The minimum atomic E-state index is 0.800. The summed E-state index contributed by atoms with van der Waals surface area (Å²) in [7, 11) is 0. The molecule has 1 aromatic heterocycles. The van der Waals surface area contributed by atoms with Crippen molar-refractivity contribution in [3.8, 4) is 0 Å². The molecule has 0 radical (unpaired) electrons. The monoisotopic (exact) mass is 278 g/mol. The summed E-state index contributed by atoms with van der Waals surface area (Å²) in [6, 6.07) is 0. The van der Waals surface area contributed by atoms with Crippen molar-refractivity contribution in [2.45, 2.75) is 64.8 Å². The molecule has 2 aliphatic rings. The van der Waals surface area contributed by atoms with Crippen LogP contribution in [-0.4, -0.2) is 11.5 Å². The van der Waals surface area contributed by atoms with Gasteiger partial charge in [-0.2, -0.15) is 0 Å². The van der Waals surface area contributed by atoms with Crippen LogP contribution in [-0.2, 0) is 13.0 Å². The van der Waals surface area contributed by atoms with E-state index in [4.69, 9.17) is 4.98 Å². The fraction of sp³-hybridized carbons (Fsp3) is 0.812. The van der Waals surface area contributed by atoms with E-state index in [1.807, 2.05) is 11.3 Å². The van der Waals surface area contributed by atoms with Crippen LogP contribution >= 0.6 is 11.3 Å². The lowest BCUT2D eigenvalue weighted by Gasteiger charge is -2.18. The van der Waals surface area contributed by atoms with Gasteiger partial charge < -0.3 is 5.32 Å². The molecule has 2 nitrogen and oxygen atoms in total. The molecule has 1 N–H and O–H groups in total. The second-order valence-corrected chi connectivity index (χ2v) is 7.35. The van der Waals surface area contributed by atoms with Crippen molar-refractivity contribution in [3.63, 3.8) is 0 Å². The molecule has 2 aliphatic carbocycles. The topological polar surface area (TPSA) is 24.9 Å². The van der Waals surface area contributed by atoms with Gasteiger partial charge in [-0.15, -0.1) is 11.3 Å². The van der Waals surface area contributed by atoms with E-state index >= 15 is 0 Å². The van der Waals surface area contributed by atoms with E-state index < -0.39 is 0 Å². The molecule has 1 aromatic rings. The maximum Gasteiger partial charge on any atom is 0.0965 e. The third kappa shape index (κ3) is 2.73. The molecule has 106 valence electrons. The molecule has 0 spiro atoms. The number of nitrogens with zero attached hydrogens (tertiary/aromatic N) is 1. The highest BCUT2D eigenvalue weighted by Gasteiger charge is 2.41. The Kier molecular flexibility index (Phi) is 4.23. The molecule has 3 heteroatoms. The Labute approximate surface area is 121 Å². The van der Waals surface area contributed by atoms with Crippen LogP contribution in [0, 0.1) is 11.8 Å². The molecule has 3 unspecified atom stereocenters. The second kappa shape index (κ2) is 5.92. The fourth-order valence-electron chi connectivity index (χ4n) is 3.90. The Hall–Kier alpha value is -0.410. The second-order valence-electron chi connectivity index (χ2n) is 6.23. The third-order valence-corrected chi connectivity index (χ3v) is 6.13. The highest BCUT2D eigenvalue weighted by Crippen LogP contribution is 2.53. The highest BCUT2D eigenvalue weighted by molar-refractivity contribution is 7.11. The van der Waals surface area contributed by atoms with Crippen LogP contribution in [0.4, 0.5) is 0 Å². The molecule has 2 fully saturated rings. The number of thiazole rings is 1. The Balaban J connectivity index is 1.72. The van der Waals surface area contributed by atoms with Crippen LogP contribution in [0.2, 0.25) is 0 Å². The minimum Gasteiger partial charge on any atom is -0.312 e. The summed E-state index contributed by atoms with van der Waals surface area (Å²) in [6.45, 7) is 6.60. The zero-order valence-corrected chi connectivity index (χ0v) is 13.1. The molecule has 0 aliphatic heterocycles. The van der Waals surface area contributed by atoms with Crippen molar-refractivity contribution in [2.24, 2.45) is 11.8 Å². The van der Waals surface area contributed by atoms with E-state index in [-0.39, 0.29) is 0 Å². The number of nitrogens with one attached hydrogen (secondary N) is 1. The van der Waals surface area contributed by atoms with Crippen LogP contribution in [0.25, 0.3) is 0 Å². The van der Waals surface area contributed by atoms with Crippen molar-refractivity contribution in [1.82, 2.24) is 10.3 Å². The van der Waals surface area contributed by atoms with Gasteiger partial charge >= 0.3 is 0 Å². The number of hydrogen-bond acceptors (Lipinski definition) is 3. The number of rotatable bonds is 6. The fourth-order valence-corrected chi connectivity index (χ4v) is 5.23. The third-order valence-electron chi connectivity index (χ3n) is 4.90. The Morgan fingerprint density at radius 1 is 1.26 bits per heavy atom. The Morgan fingerprint density at radius 2 is 2.16 bits per heavy atom. The predicted molar refractivity (Wildman–Crippen MR) is 81.7 cm³/mol. The van der Waals surface area contributed by atoms with Gasteiger partial charge in [0, 0.05) is 17.3 Å². The van der Waals surface area contributed by atoms with Gasteiger partial charge in [0.1, 0.15) is 0 Å². The number of hydrogen-bond donors (Lipinski definition) is 1. The normalized spacial score (nSPS) is 29.3. The lowest BCUT2D eigenvalue weighted by atomic mass is 9.89. The predicted octanol–water partition coefficient (Wildman–Crippen LogP) is 4.11. The van der Waals surface area contributed by atoms with E-state index in [0.29, 0.717) is 0 Å². The first-order valence-corrected chi connectivity index (χ1v) is 8.82. The van der Waals surface area contributed by atoms with Gasteiger partial charge in [-0.25, -0.2) is 4.98 Å². The first-order chi connectivity index (χ1) is 9.31. The molecule has 2 saturated carbocycles. The molecule has 0 amide bonds. The van der Waals surface area contributed by atoms with E-state index in [0.717, 1.165) is 37.3 Å². The lowest BCUT2D eigenvalue weighted by Crippen LogP contribution is -2.13. The maximum absolute atomic E-state index is 4.99. The van der Waals surface area contributed by atoms with Gasteiger partial charge in [0.25, 0.3) is 0 Å². The van der Waals surface area contributed by atoms with Gasteiger partial charge in [-0.05, 0) is 50.5 Å². The van der Waals surface area contributed by atoms with Crippen LogP contribution in [0.3, 0.4) is 0 Å². The summed E-state index contributed by atoms with van der Waals surface area (Å²) >= 11 is 2.00. The van der Waals surface area contributed by atoms with Crippen LogP contribution in [0.1, 0.15) is 67.4 Å². The number of aromatic nitrogens is 1. The Bertz CT molecular complexity index is 426. The summed E-state index contributed by atoms with van der Waals surface area (Å²) in [6.07, 6.45) is 8.14. The lowest BCUT2D eigenvalue weighted by molar-refractivity contribution is 0.418. The molecule has 0 aromatic carbocycles. The summed E-state index contributed by atoms with van der Waals surface area (Å²) in [4.78, 5) is 6.48. The molecule has 0 saturated heterocycles. The van der Waals surface area contributed by atoms with Gasteiger partial charge in [-0.3, -0.25) is 0 Å². The average Bonchev–Trinajstić information content (AvgIpc) is 3.13. The van der Waals surface area contributed by atoms with Crippen molar-refractivity contribution in [3.05, 3.63) is 15.6 Å². The number of fused-ring (bicyclic) bond motifs is 2. The van der Waals surface area contributed by atoms with Crippen LogP contribution < -0.4 is 5.32 Å². The van der Waals surface area contributed by atoms with Gasteiger partial charge in [0.05, 0.1) is 10.7 Å². The zero-order valence-electron chi connectivity index (χ0n) is 12.2. The summed E-state index contributed by atoms with van der Waals surface area (Å²) in [5.41, 5.74) is 1.35. The van der Waals surface area contributed by atoms with Gasteiger partial charge in [0.15, 0.2) is 0 Å². The smallest absolute Gasteiger partial charge is 0.0965 e. The van der Waals surface area contributed by atoms with Crippen molar-refractivity contribution in [1.29, 1.82) is 0 Å². The molecule has 3 atom stereocenters. The largest absolute Gasteiger partial charge is 0.312 e. The first-order valence-electron chi connectivity index (χ1n) is 8.01. The molecule has 2 bridgehead atoms. The van der Waals surface area contributed by atoms with E-state index in [1.54, 1.807) is 0 Å².